The number of rotatable bonds is 73. The molecule has 75 nitrogen and oxygen atoms in total. The molecule has 0 heterocycles. The van der Waals surface area contributed by atoms with Crippen LogP contribution in [0, 0.1) is 0 Å². The SMILES string of the molecule is NCC(=O)NCC(=O)NCC(=O)NCC(=O)N[C@@H](CO)C(=O)NCC(=O)NCC(=O)NCC(=O)NCC(=O)N[C@@H](CO)C(=O)NCC(=O)NCC(=O)NCC(=O)NCC(=O)N[C@@H](CO)C(=O)NCC(=O)NCC(=O)NCC(=O)NCC(=O)N[C@@H](CO)C(=O)NCC(=O)NCC(=O)NCC(=O)NCC(=O)N[C@@H](CO)C(=O)NCC(=O)NCC(=O)NCC(=O)NCC(=O)N[C@@H](CO)C(=O)NCC(=O)NCC(=O)NCC(=O)NCC(=O)O. The van der Waals surface area contributed by atoms with Crippen LogP contribution in [0.15, 0.2) is 0 Å². The van der Waals surface area contributed by atoms with Crippen LogP contribution in [0.5, 0.6) is 0 Å². The Kier molecular flexibility index (Phi) is 66.2. The first-order valence-corrected chi connectivity index (χ1v) is 43.1. The number of carbonyl (C=O) groups is 34. The second kappa shape index (κ2) is 75.5. The van der Waals surface area contributed by atoms with E-state index >= 15 is 0 Å². The van der Waals surface area contributed by atoms with Crippen LogP contribution in [0.2, 0.25) is 0 Å². The van der Waals surface area contributed by atoms with Gasteiger partial charge >= 0.3 is 5.97 Å². The van der Waals surface area contributed by atoms with E-state index in [1.54, 1.807) is 0 Å². The quantitative estimate of drug-likeness (QED) is 0.0269. The Morgan fingerprint density at radius 2 is 0.221 bits per heavy atom. The molecular weight excluding hydrogens is 2020 g/mol. The predicted octanol–water partition coefficient (Wildman–Crippen LogP) is -34.0. The summed E-state index contributed by atoms with van der Waals surface area (Å²) in [7, 11) is 0. The maximum atomic E-state index is 12.6. The van der Waals surface area contributed by atoms with E-state index in [9.17, 15) is 194 Å². The lowest BCUT2D eigenvalue weighted by Crippen LogP contribution is -2.54. The van der Waals surface area contributed by atoms with Gasteiger partial charge in [-0.2, -0.15) is 0 Å². The largest absolute Gasteiger partial charge is 0.480 e. The van der Waals surface area contributed by atoms with E-state index in [0.29, 0.717) is 0 Å². The molecule has 0 spiro atoms. The molecule has 0 bridgehead atoms. The zero-order chi connectivity index (χ0) is 112. The summed E-state index contributed by atoms with van der Waals surface area (Å²) in [4.78, 5) is 414. The molecule has 33 amide bonds. The lowest BCUT2D eigenvalue weighted by atomic mass is 10.3. The van der Waals surface area contributed by atoms with E-state index in [4.69, 9.17) is 10.8 Å². The highest BCUT2D eigenvalue weighted by Crippen LogP contribution is 1.93. The van der Waals surface area contributed by atoms with Crippen LogP contribution in [-0.2, 0) is 163 Å². The fourth-order valence-corrected chi connectivity index (χ4v) is 9.45. The summed E-state index contributed by atoms with van der Waals surface area (Å²) in [5.41, 5.74) is 5.09. The Hall–Kier alpha value is -18.3. The third-order valence-electron chi connectivity index (χ3n) is 17.1. The molecule has 0 aliphatic carbocycles. The van der Waals surface area contributed by atoms with Crippen LogP contribution in [0.3, 0.4) is 0 Å². The first-order valence-electron chi connectivity index (χ1n) is 43.1. The smallest absolute Gasteiger partial charge is 0.322 e. The van der Waals surface area contributed by atoms with Crippen LogP contribution in [0.4, 0.5) is 0 Å². The lowest BCUT2D eigenvalue weighted by Gasteiger charge is -2.17. The summed E-state index contributed by atoms with van der Waals surface area (Å²) in [6.07, 6.45) is 0. The van der Waals surface area contributed by atoms with Gasteiger partial charge in [0.05, 0.1) is 216 Å². The van der Waals surface area contributed by atoms with Crippen LogP contribution >= 0.6 is 0 Å². The van der Waals surface area contributed by atoms with Crippen molar-refractivity contribution in [1.82, 2.24) is 175 Å². The number of carboxylic acids is 1. The third kappa shape index (κ3) is 66.2. The van der Waals surface area contributed by atoms with Gasteiger partial charge < -0.3 is 217 Å². The van der Waals surface area contributed by atoms with Crippen LogP contribution in [0.25, 0.3) is 0 Å². The molecule has 75 heteroatoms. The van der Waals surface area contributed by atoms with Crippen molar-refractivity contribution in [2.45, 2.75) is 36.3 Å². The van der Waals surface area contributed by atoms with E-state index in [0.717, 1.165) is 0 Å². The minimum Gasteiger partial charge on any atom is -0.480 e. The summed E-state index contributed by atoms with van der Waals surface area (Å²) >= 11 is 0. The normalized spacial score (nSPS) is 11.4. The lowest BCUT2D eigenvalue weighted by molar-refractivity contribution is -0.138. The molecule has 0 radical (unpaired) electrons. The van der Waals surface area contributed by atoms with Crippen LogP contribution in [0.1, 0.15) is 0 Å². The first kappa shape index (κ1) is 131. The van der Waals surface area contributed by atoms with Crippen LogP contribution < -0.4 is 181 Å². The summed E-state index contributed by atoms with van der Waals surface area (Å²) < 4.78 is 0. The number of nitrogens with one attached hydrogen (secondary N) is 33. The second-order valence-corrected chi connectivity index (χ2v) is 29.0. The van der Waals surface area contributed by atoms with Gasteiger partial charge in [-0.25, -0.2) is 0 Å². The highest BCUT2D eigenvalue weighted by molar-refractivity contribution is 6.02. The van der Waals surface area contributed by atoms with Crippen molar-refractivity contribution in [3.05, 3.63) is 0 Å². The fraction of sp³-hybridized carbons (Fsp3) is 0.541. The standard InChI is InChI=1S/C74H116N34O41/c75-1-41(115)76-2-42(116)77-9-49(123)90-22-62(136)103-35(29-109)69(144)97-16-56(130)84-3-43(117)78-10-50(124)91-23-63(137)104-36(30-110)70(145)98-17-57(131)85-4-44(118)79-11-51(125)92-24-64(138)105-37(31-111)71(146)99-18-58(132)86-5-45(119)80-12-52(126)93-25-65(139)106-38(32-112)72(147)100-19-59(133)87-6-46(120)81-13-53(127)94-26-66(140)107-39(33-113)73(148)101-20-60(134)88-7-47(121)82-14-54(128)95-27-67(141)108-40(34-114)74(149)102-21-61(135)89-8-48(122)83-15-55(129)96-28-68(142)143/h35-40,109-114H,1-34,75H2,(H,76,115)(H,77,116)(H,78,117)(H,79,118)(H,80,119)(H,81,120)(H,82,121)(H,83,122)(H,84,130)(H,85,131)(H,86,132)(H,87,133)(H,88,134)(H,89,135)(H,90,123)(H,91,124)(H,92,125)(H,93,126)(H,94,127)(H,95,128)(H,96,129)(H,97,144)(H,98,145)(H,99,146)(H,100,147)(H,101,148)(H,102,149)(H,103,136)(H,104,137)(H,105,138)(H,106,139)(H,107,140)(H,108,141)(H,142,143)/t35-,36-,37-,38-,39-,40-/m0/s1. The van der Waals surface area contributed by atoms with Crippen molar-refractivity contribution in [1.29, 1.82) is 0 Å². The Morgan fingerprint density at radius 1 is 0.134 bits per heavy atom. The van der Waals surface area contributed by atoms with Gasteiger partial charge in [-0.1, -0.05) is 0 Å². The van der Waals surface area contributed by atoms with E-state index in [1.165, 1.54) is 0 Å². The molecule has 0 saturated carbocycles. The number of aliphatic carboxylic acids is 1. The number of nitrogens with two attached hydrogens (primary N) is 1. The van der Waals surface area contributed by atoms with Gasteiger partial charge in [0, 0.05) is 0 Å². The Morgan fingerprint density at radius 3 is 0.315 bits per heavy atom. The molecule has 0 unspecified atom stereocenters. The van der Waals surface area contributed by atoms with E-state index in [2.05, 4.69) is 128 Å². The monoisotopic (exact) mass is 2140 g/mol. The molecule has 149 heavy (non-hydrogen) atoms. The number of carboxylic acid groups (broad SMARTS) is 1. The van der Waals surface area contributed by atoms with Gasteiger partial charge in [0.1, 0.15) is 42.8 Å². The molecule has 0 aliphatic heterocycles. The first-order chi connectivity index (χ1) is 70.5. The van der Waals surface area contributed by atoms with Gasteiger partial charge in [-0.3, -0.25) is 163 Å². The highest BCUT2D eigenvalue weighted by atomic mass is 16.4. The number of amides is 33. The topological polar surface area (TPSA) is 1140 Å². The summed E-state index contributed by atoms with van der Waals surface area (Å²) in [6.45, 7) is -27.2. The zero-order valence-corrected chi connectivity index (χ0v) is 78.6. The molecular formula is C74H116N34O41. The molecule has 0 rings (SSSR count). The molecule has 6 atom stereocenters. The van der Waals surface area contributed by atoms with Crippen molar-refractivity contribution < 1.29 is 199 Å². The highest BCUT2D eigenvalue weighted by Gasteiger charge is 2.30. The summed E-state index contributed by atoms with van der Waals surface area (Å²) in [5, 5.41) is 135. The number of hydrogen-bond donors (Lipinski definition) is 41. The second-order valence-electron chi connectivity index (χ2n) is 29.0. The Balaban J connectivity index is 4.50. The number of aliphatic hydroxyl groups is 6. The minimum atomic E-state index is -1.73. The third-order valence-corrected chi connectivity index (χ3v) is 17.1. The molecule has 828 valence electrons. The average molecular weight is 2140 g/mol. The maximum Gasteiger partial charge on any atom is 0.322 e. The Bertz CT molecular complexity index is 4700. The summed E-state index contributed by atoms with van der Waals surface area (Å²) in [6, 6.07) is -10.1. The predicted molar refractivity (Wildman–Crippen MR) is 482 cm³/mol. The fourth-order valence-electron chi connectivity index (χ4n) is 9.45. The van der Waals surface area contributed by atoms with E-state index < -0.39 is 454 Å². The Labute approximate surface area is 837 Å². The van der Waals surface area contributed by atoms with Crippen molar-refractivity contribution in [2.24, 2.45) is 5.73 Å². The van der Waals surface area contributed by atoms with E-state index in [-0.39, 0.29) is 6.54 Å². The zero-order valence-electron chi connectivity index (χ0n) is 78.6. The van der Waals surface area contributed by atoms with Gasteiger partial charge in [0.2, 0.25) is 195 Å². The number of hydrogen-bond acceptors (Lipinski definition) is 41. The van der Waals surface area contributed by atoms with Crippen LogP contribution in [-0.4, -0.2) is 496 Å². The molecule has 0 aromatic rings. The number of aliphatic hydroxyl groups excluding tert-OH is 6. The summed E-state index contributed by atoms with van der Waals surface area (Å²) in [5.74, 6) is -34.0. The van der Waals surface area contributed by atoms with Gasteiger partial charge in [0.25, 0.3) is 0 Å². The molecule has 0 aliphatic rings. The van der Waals surface area contributed by atoms with Crippen molar-refractivity contribution in [3.63, 3.8) is 0 Å². The van der Waals surface area contributed by atoms with Crippen molar-refractivity contribution in [3.8, 4) is 0 Å². The maximum absolute atomic E-state index is 12.6. The molecule has 0 aromatic heterocycles. The minimum absolute atomic E-state index is 0.377. The molecule has 42 N–H and O–H groups in total. The molecule has 0 saturated heterocycles. The van der Waals surface area contributed by atoms with Crippen molar-refractivity contribution >= 4 is 201 Å². The molecule has 0 fully saturated rings. The van der Waals surface area contributed by atoms with Crippen molar-refractivity contribution in [2.75, 3.05) is 223 Å². The molecule has 0 aromatic carbocycles. The van der Waals surface area contributed by atoms with E-state index in [1.807, 2.05) is 47.9 Å². The van der Waals surface area contributed by atoms with Gasteiger partial charge in [-0.05, 0) is 0 Å². The van der Waals surface area contributed by atoms with Gasteiger partial charge in [-0.15, -0.1) is 0 Å². The van der Waals surface area contributed by atoms with Gasteiger partial charge in [0.15, 0.2) is 0 Å². The average Bonchev–Trinajstić information content (AvgIpc) is 0.929. The number of carbonyl (C=O) groups excluding carboxylic acids is 33.